The molecule has 0 aromatic heterocycles. The predicted octanol–water partition coefficient (Wildman–Crippen LogP) is 8.83. The Balaban J connectivity index is 1.46. The standard InChI is InChI=1S/C27H37F/c1-3-4-5-6-7-8-9-22-11-13-23(14-12-22)24-15-17-25(18-16-24)26-19-10-21(2)20-27(26)28/h10,15-20,22-23H,3-9,11-14H2,1-2H3. The summed E-state index contributed by atoms with van der Waals surface area (Å²) in [5.74, 6) is 1.52. The van der Waals surface area contributed by atoms with Gasteiger partial charge in [0.25, 0.3) is 0 Å². The zero-order valence-electron chi connectivity index (χ0n) is 17.9. The zero-order valence-corrected chi connectivity index (χ0v) is 17.9. The summed E-state index contributed by atoms with van der Waals surface area (Å²) in [6, 6.07) is 14.2. The lowest BCUT2D eigenvalue weighted by molar-refractivity contribution is 0.302. The first kappa shape index (κ1) is 21.1. The molecule has 0 atom stereocenters. The maximum Gasteiger partial charge on any atom is 0.131 e. The molecule has 0 unspecified atom stereocenters. The smallest absolute Gasteiger partial charge is 0.131 e. The van der Waals surface area contributed by atoms with Gasteiger partial charge in [0.05, 0.1) is 0 Å². The van der Waals surface area contributed by atoms with Crippen LogP contribution in [0.3, 0.4) is 0 Å². The van der Waals surface area contributed by atoms with E-state index >= 15 is 0 Å². The van der Waals surface area contributed by atoms with Gasteiger partial charge >= 0.3 is 0 Å². The van der Waals surface area contributed by atoms with Crippen LogP contribution < -0.4 is 0 Å². The van der Waals surface area contributed by atoms with Gasteiger partial charge in [0.1, 0.15) is 5.82 Å². The van der Waals surface area contributed by atoms with E-state index in [1.807, 2.05) is 19.1 Å². The maximum atomic E-state index is 14.2. The average Bonchev–Trinajstić information content (AvgIpc) is 2.71. The summed E-state index contributed by atoms with van der Waals surface area (Å²) in [7, 11) is 0. The molecule has 2 aromatic rings. The Morgan fingerprint density at radius 1 is 0.821 bits per heavy atom. The minimum Gasteiger partial charge on any atom is -0.206 e. The second-order valence-corrected chi connectivity index (χ2v) is 8.88. The average molecular weight is 381 g/mol. The van der Waals surface area contributed by atoms with Crippen LogP contribution in [-0.2, 0) is 0 Å². The molecule has 152 valence electrons. The van der Waals surface area contributed by atoms with E-state index in [2.05, 4.69) is 31.2 Å². The highest BCUT2D eigenvalue weighted by molar-refractivity contribution is 5.64. The third-order valence-electron chi connectivity index (χ3n) is 6.63. The van der Waals surface area contributed by atoms with E-state index in [4.69, 9.17) is 0 Å². The topological polar surface area (TPSA) is 0 Å². The number of halogens is 1. The molecule has 1 aliphatic rings. The van der Waals surface area contributed by atoms with Gasteiger partial charge in [-0.1, -0.05) is 88.3 Å². The highest BCUT2D eigenvalue weighted by atomic mass is 19.1. The summed E-state index contributed by atoms with van der Waals surface area (Å²) < 4.78 is 14.2. The van der Waals surface area contributed by atoms with Crippen LogP contribution >= 0.6 is 0 Å². The lowest BCUT2D eigenvalue weighted by atomic mass is 9.77. The van der Waals surface area contributed by atoms with E-state index in [9.17, 15) is 4.39 Å². The molecule has 0 heterocycles. The fraction of sp³-hybridized carbons (Fsp3) is 0.556. The molecule has 2 aromatic carbocycles. The molecule has 1 saturated carbocycles. The zero-order chi connectivity index (χ0) is 19.8. The van der Waals surface area contributed by atoms with E-state index in [1.165, 1.54) is 76.2 Å². The Hall–Kier alpha value is -1.63. The van der Waals surface area contributed by atoms with Gasteiger partial charge in [-0.05, 0) is 67.2 Å². The molecule has 0 aliphatic heterocycles. The van der Waals surface area contributed by atoms with Crippen molar-refractivity contribution in [3.05, 3.63) is 59.4 Å². The van der Waals surface area contributed by atoms with Gasteiger partial charge in [-0.15, -0.1) is 0 Å². The van der Waals surface area contributed by atoms with Gasteiger partial charge in [-0.25, -0.2) is 4.39 Å². The molecule has 0 radical (unpaired) electrons. The third kappa shape index (κ3) is 5.93. The molecule has 0 saturated heterocycles. The second kappa shape index (κ2) is 10.8. The van der Waals surface area contributed by atoms with E-state index < -0.39 is 0 Å². The number of hydrogen-bond donors (Lipinski definition) is 0. The van der Waals surface area contributed by atoms with Crippen LogP contribution in [0.15, 0.2) is 42.5 Å². The SMILES string of the molecule is CCCCCCCCC1CCC(c2ccc(-c3ccc(C)cc3F)cc2)CC1. The summed E-state index contributed by atoms with van der Waals surface area (Å²) >= 11 is 0. The monoisotopic (exact) mass is 380 g/mol. The summed E-state index contributed by atoms with van der Waals surface area (Å²) in [4.78, 5) is 0. The van der Waals surface area contributed by atoms with E-state index in [-0.39, 0.29) is 5.82 Å². The van der Waals surface area contributed by atoms with Crippen molar-refractivity contribution in [3.63, 3.8) is 0 Å². The van der Waals surface area contributed by atoms with Crippen LogP contribution in [0.1, 0.15) is 94.6 Å². The Labute approximate surface area is 171 Å². The molecule has 28 heavy (non-hydrogen) atoms. The summed E-state index contributed by atoms with van der Waals surface area (Å²) in [5, 5.41) is 0. The van der Waals surface area contributed by atoms with Crippen molar-refractivity contribution in [1.29, 1.82) is 0 Å². The molecule has 1 heteroatoms. The molecule has 1 fully saturated rings. The lowest BCUT2D eigenvalue weighted by Gasteiger charge is -2.29. The first-order chi connectivity index (χ1) is 13.7. The molecule has 0 amide bonds. The number of rotatable bonds is 9. The fourth-order valence-corrected chi connectivity index (χ4v) is 4.79. The summed E-state index contributed by atoms with van der Waals surface area (Å²) in [5.41, 5.74) is 4.10. The first-order valence-electron chi connectivity index (χ1n) is 11.5. The van der Waals surface area contributed by atoms with Gasteiger partial charge in [0, 0.05) is 5.56 Å². The number of aryl methyl sites for hydroxylation is 1. The van der Waals surface area contributed by atoms with Gasteiger partial charge in [0.15, 0.2) is 0 Å². The Morgan fingerprint density at radius 2 is 1.50 bits per heavy atom. The molecule has 0 bridgehead atoms. The summed E-state index contributed by atoms with van der Waals surface area (Å²) in [6.45, 7) is 4.21. The van der Waals surface area contributed by atoms with Crippen molar-refractivity contribution in [2.24, 2.45) is 5.92 Å². The molecule has 1 aliphatic carbocycles. The van der Waals surface area contributed by atoms with Crippen molar-refractivity contribution in [2.75, 3.05) is 0 Å². The van der Waals surface area contributed by atoms with Crippen molar-refractivity contribution in [3.8, 4) is 11.1 Å². The van der Waals surface area contributed by atoms with Gasteiger partial charge < -0.3 is 0 Å². The Bertz CT molecular complexity index is 708. The Morgan fingerprint density at radius 3 is 2.18 bits per heavy atom. The molecular weight excluding hydrogens is 343 g/mol. The predicted molar refractivity (Wildman–Crippen MR) is 119 cm³/mol. The van der Waals surface area contributed by atoms with E-state index in [0.717, 1.165) is 17.0 Å². The van der Waals surface area contributed by atoms with Crippen LogP contribution in [0.25, 0.3) is 11.1 Å². The van der Waals surface area contributed by atoms with Crippen LogP contribution in [0.5, 0.6) is 0 Å². The van der Waals surface area contributed by atoms with Crippen LogP contribution in [0.2, 0.25) is 0 Å². The minimum absolute atomic E-state index is 0.122. The highest BCUT2D eigenvalue weighted by Gasteiger charge is 2.22. The quantitative estimate of drug-likeness (QED) is 0.381. The van der Waals surface area contributed by atoms with Crippen LogP contribution in [0, 0.1) is 18.7 Å². The van der Waals surface area contributed by atoms with Gasteiger partial charge in [-0.3, -0.25) is 0 Å². The molecule has 0 N–H and O–H groups in total. The second-order valence-electron chi connectivity index (χ2n) is 8.88. The van der Waals surface area contributed by atoms with Crippen molar-refractivity contribution in [1.82, 2.24) is 0 Å². The first-order valence-corrected chi connectivity index (χ1v) is 11.5. The van der Waals surface area contributed by atoms with Crippen molar-refractivity contribution in [2.45, 2.75) is 90.4 Å². The highest BCUT2D eigenvalue weighted by Crippen LogP contribution is 2.38. The van der Waals surface area contributed by atoms with Gasteiger partial charge in [0.2, 0.25) is 0 Å². The number of benzene rings is 2. The van der Waals surface area contributed by atoms with Crippen molar-refractivity contribution >= 4 is 0 Å². The molecule has 0 spiro atoms. The molecular formula is C27H37F. The number of hydrogen-bond acceptors (Lipinski definition) is 0. The van der Waals surface area contributed by atoms with Crippen LogP contribution in [0.4, 0.5) is 4.39 Å². The van der Waals surface area contributed by atoms with E-state index in [1.54, 1.807) is 6.07 Å². The summed E-state index contributed by atoms with van der Waals surface area (Å²) in [6.07, 6.45) is 15.3. The molecule has 0 nitrogen and oxygen atoms in total. The van der Waals surface area contributed by atoms with E-state index in [0.29, 0.717) is 11.5 Å². The van der Waals surface area contributed by atoms with Crippen molar-refractivity contribution < 1.29 is 4.39 Å². The third-order valence-corrected chi connectivity index (χ3v) is 6.63. The maximum absolute atomic E-state index is 14.2. The minimum atomic E-state index is -0.122. The Kier molecular flexibility index (Phi) is 8.13. The normalized spacial score (nSPS) is 19.7. The fourth-order valence-electron chi connectivity index (χ4n) is 4.79. The molecule has 3 rings (SSSR count). The lowest BCUT2D eigenvalue weighted by Crippen LogP contribution is -2.13. The largest absolute Gasteiger partial charge is 0.206 e. The van der Waals surface area contributed by atoms with Crippen LogP contribution in [-0.4, -0.2) is 0 Å². The number of unbranched alkanes of at least 4 members (excludes halogenated alkanes) is 5. The van der Waals surface area contributed by atoms with Gasteiger partial charge in [-0.2, -0.15) is 0 Å².